The second-order valence-electron chi connectivity index (χ2n) is 5.82. The Labute approximate surface area is 120 Å². The van der Waals surface area contributed by atoms with E-state index in [1.807, 2.05) is 13.8 Å². The van der Waals surface area contributed by atoms with Gasteiger partial charge in [-0.05, 0) is 43.9 Å². The monoisotopic (exact) mass is 278 g/mol. The molecule has 2 N–H and O–H groups in total. The highest BCUT2D eigenvalue weighted by molar-refractivity contribution is 5.96. The highest BCUT2D eigenvalue weighted by atomic mass is 19.1. The lowest BCUT2D eigenvalue weighted by atomic mass is 10.0. The summed E-state index contributed by atoms with van der Waals surface area (Å²) in [4.78, 5) is 14.2. The van der Waals surface area contributed by atoms with Crippen molar-refractivity contribution < 1.29 is 9.18 Å². The molecule has 0 radical (unpaired) electrons. The second-order valence-corrected chi connectivity index (χ2v) is 5.82. The van der Waals surface area contributed by atoms with E-state index < -0.39 is 0 Å². The number of fused-ring (bicyclic) bond motifs is 1. The first-order chi connectivity index (χ1) is 9.49. The minimum absolute atomic E-state index is 0.0389. The van der Waals surface area contributed by atoms with Crippen LogP contribution in [0.5, 0.6) is 0 Å². The van der Waals surface area contributed by atoms with Crippen molar-refractivity contribution in [3.63, 3.8) is 0 Å². The maximum Gasteiger partial charge on any atom is 0.229 e. The lowest BCUT2D eigenvalue weighted by Crippen LogP contribution is -2.33. The average Bonchev–Trinajstić information content (AvgIpc) is 2.80. The number of hydrogen-bond donors (Lipinski definition) is 1. The number of carbonyl (C=O) groups excluding carboxylic acids is 1. The van der Waals surface area contributed by atoms with Crippen molar-refractivity contribution >= 4 is 11.6 Å². The molecule has 0 bridgehead atoms. The van der Waals surface area contributed by atoms with Crippen molar-refractivity contribution in [1.29, 1.82) is 0 Å². The average molecular weight is 278 g/mol. The minimum atomic E-state index is -0.284. The summed E-state index contributed by atoms with van der Waals surface area (Å²) in [7, 11) is 0. The van der Waals surface area contributed by atoms with Gasteiger partial charge in [-0.1, -0.05) is 19.4 Å². The van der Waals surface area contributed by atoms with Crippen molar-refractivity contribution in [2.45, 2.75) is 45.6 Å². The molecule has 2 rings (SSSR count). The van der Waals surface area contributed by atoms with Gasteiger partial charge in [0.25, 0.3) is 0 Å². The molecule has 4 heteroatoms. The molecular formula is C16H23FN2O. The Morgan fingerprint density at radius 3 is 2.85 bits per heavy atom. The van der Waals surface area contributed by atoms with Crippen molar-refractivity contribution in [3.05, 3.63) is 29.6 Å². The predicted octanol–water partition coefficient (Wildman–Crippen LogP) is 2.87. The van der Waals surface area contributed by atoms with E-state index in [1.165, 1.54) is 12.1 Å². The molecule has 20 heavy (non-hydrogen) atoms. The van der Waals surface area contributed by atoms with Crippen LogP contribution in [0, 0.1) is 11.7 Å². The number of carbonyl (C=O) groups is 1. The van der Waals surface area contributed by atoms with Crippen LogP contribution in [0.2, 0.25) is 0 Å². The molecule has 0 saturated heterocycles. The van der Waals surface area contributed by atoms with E-state index in [1.54, 1.807) is 11.0 Å². The molecular weight excluding hydrogens is 255 g/mol. The molecule has 0 aromatic heterocycles. The van der Waals surface area contributed by atoms with Crippen LogP contribution in [0.1, 0.15) is 38.7 Å². The molecule has 2 unspecified atom stereocenters. The van der Waals surface area contributed by atoms with Crippen molar-refractivity contribution in [2.75, 3.05) is 11.4 Å². The van der Waals surface area contributed by atoms with Gasteiger partial charge in [-0.25, -0.2) is 4.39 Å². The zero-order valence-electron chi connectivity index (χ0n) is 12.2. The summed E-state index contributed by atoms with van der Waals surface area (Å²) in [6, 6.07) is 4.88. The fourth-order valence-corrected chi connectivity index (χ4v) is 2.72. The predicted molar refractivity (Wildman–Crippen MR) is 79.1 cm³/mol. The Morgan fingerprint density at radius 2 is 2.15 bits per heavy atom. The fourth-order valence-electron chi connectivity index (χ4n) is 2.72. The van der Waals surface area contributed by atoms with Gasteiger partial charge in [0.1, 0.15) is 5.82 Å². The van der Waals surface area contributed by atoms with E-state index in [-0.39, 0.29) is 23.7 Å². The second kappa shape index (κ2) is 6.35. The fraction of sp³-hybridized carbons (Fsp3) is 0.562. The van der Waals surface area contributed by atoms with Gasteiger partial charge < -0.3 is 10.6 Å². The van der Waals surface area contributed by atoms with Crippen molar-refractivity contribution in [2.24, 2.45) is 11.7 Å². The molecule has 0 saturated carbocycles. The Hall–Kier alpha value is -1.42. The summed E-state index contributed by atoms with van der Waals surface area (Å²) in [5.41, 5.74) is 7.52. The summed E-state index contributed by atoms with van der Waals surface area (Å²) in [5, 5.41) is 0. The highest BCUT2D eigenvalue weighted by Gasteiger charge is 2.28. The van der Waals surface area contributed by atoms with Crippen LogP contribution in [0.25, 0.3) is 0 Å². The van der Waals surface area contributed by atoms with Crippen LogP contribution >= 0.6 is 0 Å². The van der Waals surface area contributed by atoms with Gasteiger partial charge in [-0.2, -0.15) is 0 Å². The maximum absolute atomic E-state index is 13.3. The molecule has 1 amide bonds. The number of nitrogens with two attached hydrogens (primary N) is 1. The molecule has 1 aliphatic rings. The van der Waals surface area contributed by atoms with Crippen LogP contribution in [0.15, 0.2) is 18.2 Å². The van der Waals surface area contributed by atoms with Crippen LogP contribution < -0.4 is 10.6 Å². The largest absolute Gasteiger partial charge is 0.328 e. The summed E-state index contributed by atoms with van der Waals surface area (Å²) in [6.45, 7) is 4.59. The number of amides is 1. The van der Waals surface area contributed by atoms with E-state index in [9.17, 15) is 9.18 Å². The maximum atomic E-state index is 13.3. The first kappa shape index (κ1) is 15.0. The van der Waals surface area contributed by atoms with Crippen molar-refractivity contribution in [1.82, 2.24) is 0 Å². The molecule has 2 atom stereocenters. The van der Waals surface area contributed by atoms with Gasteiger partial charge in [0, 0.05) is 24.2 Å². The third-order valence-corrected chi connectivity index (χ3v) is 3.93. The summed E-state index contributed by atoms with van der Waals surface area (Å²) in [6.07, 6.45) is 3.53. The standard InChI is InChI=1S/C16H23FN2O/c1-11(4-3-5-12(2)18)16(20)19-9-8-13-6-7-14(17)10-15(13)19/h6-7,10-12H,3-5,8-9,18H2,1-2H3. The number of halogens is 1. The normalized spacial score (nSPS) is 16.9. The number of rotatable bonds is 5. The smallest absolute Gasteiger partial charge is 0.229 e. The van der Waals surface area contributed by atoms with Gasteiger partial charge >= 0.3 is 0 Å². The third-order valence-electron chi connectivity index (χ3n) is 3.93. The molecule has 0 aliphatic carbocycles. The number of benzene rings is 1. The van der Waals surface area contributed by atoms with Crippen LogP contribution in [0.4, 0.5) is 10.1 Å². The van der Waals surface area contributed by atoms with Gasteiger partial charge in [0.05, 0.1) is 0 Å². The van der Waals surface area contributed by atoms with E-state index >= 15 is 0 Å². The molecule has 1 aromatic rings. The Bertz CT molecular complexity index is 487. The van der Waals surface area contributed by atoms with Gasteiger partial charge in [0.15, 0.2) is 0 Å². The minimum Gasteiger partial charge on any atom is -0.328 e. The lowest BCUT2D eigenvalue weighted by Gasteiger charge is -2.22. The zero-order chi connectivity index (χ0) is 14.7. The molecule has 1 aromatic carbocycles. The quantitative estimate of drug-likeness (QED) is 0.900. The molecule has 0 fully saturated rings. The number of hydrogen-bond acceptors (Lipinski definition) is 2. The summed E-state index contributed by atoms with van der Waals surface area (Å²) < 4.78 is 13.3. The zero-order valence-corrected chi connectivity index (χ0v) is 12.2. The summed E-state index contributed by atoms with van der Waals surface area (Å²) >= 11 is 0. The van der Waals surface area contributed by atoms with Gasteiger partial charge in [-0.3, -0.25) is 4.79 Å². The SMILES string of the molecule is CC(N)CCCC(C)C(=O)N1CCc2ccc(F)cc21. The van der Waals surface area contributed by atoms with Crippen LogP contribution in [-0.4, -0.2) is 18.5 Å². The first-order valence-corrected chi connectivity index (χ1v) is 7.34. The number of anilines is 1. The number of nitrogens with zero attached hydrogens (tertiary/aromatic N) is 1. The first-order valence-electron chi connectivity index (χ1n) is 7.34. The van der Waals surface area contributed by atoms with Crippen molar-refractivity contribution in [3.8, 4) is 0 Å². The van der Waals surface area contributed by atoms with Gasteiger partial charge in [0.2, 0.25) is 5.91 Å². The highest BCUT2D eigenvalue weighted by Crippen LogP contribution is 2.30. The van der Waals surface area contributed by atoms with E-state index in [2.05, 4.69) is 0 Å². The van der Waals surface area contributed by atoms with E-state index in [0.717, 1.165) is 36.9 Å². The van der Waals surface area contributed by atoms with Crippen LogP contribution in [-0.2, 0) is 11.2 Å². The van der Waals surface area contributed by atoms with E-state index in [4.69, 9.17) is 5.73 Å². The third kappa shape index (κ3) is 3.37. The molecule has 0 spiro atoms. The Balaban J connectivity index is 1.99. The van der Waals surface area contributed by atoms with Crippen LogP contribution in [0.3, 0.4) is 0 Å². The molecule has 1 heterocycles. The van der Waals surface area contributed by atoms with E-state index in [0.29, 0.717) is 6.54 Å². The molecule has 1 aliphatic heterocycles. The lowest BCUT2D eigenvalue weighted by molar-refractivity contribution is -0.122. The molecule has 3 nitrogen and oxygen atoms in total. The Morgan fingerprint density at radius 1 is 1.40 bits per heavy atom. The Kier molecular flexibility index (Phi) is 4.76. The summed E-state index contributed by atoms with van der Waals surface area (Å²) in [5.74, 6) is -0.227. The van der Waals surface area contributed by atoms with Gasteiger partial charge in [-0.15, -0.1) is 0 Å². The molecule has 110 valence electrons. The topological polar surface area (TPSA) is 46.3 Å².